The molecule has 2 saturated carbocycles. The van der Waals surface area contributed by atoms with E-state index in [0.29, 0.717) is 95.3 Å². The Morgan fingerprint density at radius 1 is 0.529 bits per heavy atom. The Bertz CT molecular complexity index is 3170. The van der Waals surface area contributed by atoms with E-state index < -0.39 is 95.6 Å². The number of esters is 10. The van der Waals surface area contributed by atoms with E-state index in [1.165, 1.54) is 0 Å². The van der Waals surface area contributed by atoms with E-state index in [-0.39, 0.29) is 69.2 Å². The predicted molar refractivity (Wildman–Crippen MR) is 309 cm³/mol. The standard InChI is InChI=1S/C63H66N2O20S2/c1-6-50(66)78-35-39(5)81-55(71)27-26-53(69)77-31-29-41-10-22-47(23-11-41)82-59(72)42-12-16-44(17-13-42)61(74)84-49-32-37(3)56(58-57(49)86-63(87-58)46(33-64)34-65)85-62(75)45-18-14-43(15-19-45)60(73)83-48-20-8-40(9-21-48)28-30-76-52(68)24-25-54(70)79-36-38(4)80-51(67)7-2/h6-11,20-23,32,38-39,42-45H,1-2,12-19,24-31,35-36H2,3-5H3. The van der Waals surface area contributed by atoms with Crippen LogP contribution < -0.4 is 18.9 Å². The minimum Gasteiger partial charge on any atom is -0.465 e. The van der Waals surface area contributed by atoms with Crippen molar-refractivity contribution in [3.63, 3.8) is 0 Å². The first-order chi connectivity index (χ1) is 41.7. The van der Waals surface area contributed by atoms with Gasteiger partial charge in [-0.1, -0.05) is 60.9 Å². The van der Waals surface area contributed by atoms with E-state index in [2.05, 4.69) is 13.2 Å². The largest absolute Gasteiger partial charge is 0.465 e. The van der Waals surface area contributed by atoms with Gasteiger partial charge in [-0.05, 0) is 119 Å². The van der Waals surface area contributed by atoms with Gasteiger partial charge in [0.05, 0.1) is 76.6 Å². The molecule has 0 amide bonds. The monoisotopic (exact) mass is 1230 g/mol. The Morgan fingerprint density at radius 2 is 0.931 bits per heavy atom. The molecule has 24 heteroatoms. The highest BCUT2D eigenvalue weighted by molar-refractivity contribution is 8.24. The summed E-state index contributed by atoms with van der Waals surface area (Å²) >= 11 is 2.12. The number of hydrogen-bond acceptors (Lipinski definition) is 24. The van der Waals surface area contributed by atoms with Gasteiger partial charge in [0.25, 0.3) is 0 Å². The number of ether oxygens (including phenoxy) is 10. The highest BCUT2D eigenvalue weighted by atomic mass is 32.2. The molecular weight excluding hydrogens is 1170 g/mol. The summed E-state index contributed by atoms with van der Waals surface area (Å²) in [7, 11) is 0. The van der Waals surface area contributed by atoms with Crippen molar-refractivity contribution in [3.8, 4) is 35.1 Å². The first-order valence-corrected chi connectivity index (χ1v) is 29.8. The first kappa shape index (κ1) is 67.4. The van der Waals surface area contributed by atoms with Crippen molar-refractivity contribution >= 4 is 83.2 Å². The Labute approximate surface area is 511 Å². The Kier molecular flexibility index (Phi) is 26.2. The zero-order valence-corrected chi connectivity index (χ0v) is 50.0. The summed E-state index contributed by atoms with van der Waals surface area (Å²) in [5.41, 5.74) is 1.89. The van der Waals surface area contributed by atoms with E-state index in [0.717, 1.165) is 46.8 Å². The molecule has 3 aromatic rings. The van der Waals surface area contributed by atoms with Crippen molar-refractivity contribution in [1.29, 1.82) is 10.5 Å². The van der Waals surface area contributed by atoms with Crippen LogP contribution in [0.3, 0.4) is 0 Å². The molecule has 2 atom stereocenters. The maximum Gasteiger partial charge on any atom is 0.330 e. The fourth-order valence-electron chi connectivity index (χ4n) is 9.15. The van der Waals surface area contributed by atoms with Crippen LogP contribution in [0.4, 0.5) is 0 Å². The smallest absolute Gasteiger partial charge is 0.330 e. The normalized spacial score (nSPS) is 17.3. The molecule has 2 unspecified atom stereocenters. The lowest BCUT2D eigenvalue weighted by atomic mass is 9.82. The number of benzene rings is 3. The predicted octanol–water partition coefficient (Wildman–Crippen LogP) is 9.14. The van der Waals surface area contributed by atoms with Gasteiger partial charge in [-0.15, -0.1) is 0 Å². The summed E-state index contributed by atoms with van der Waals surface area (Å²) in [6.07, 6.45) is 3.31. The van der Waals surface area contributed by atoms with Crippen LogP contribution in [0.25, 0.3) is 0 Å². The number of fused-ring (bicyclic) bond motifs is 1. The van der Waals surface area contributed by atoms with E-state index in [1.807, 2.05) is 12.1 Å². The fourth-order valence-corrected chi connectivity index (χ4v) is 11.7. The van der Waals surface area contributed by atoms with E-state index in [4.69, 9.17) is 47.4 Å². The summed E-state index contributed by atoms with van der Waals surface area (Å²) < 4.78 is 54.1. The lowest BCUT2D eigenvalue weighted by molar-refractivity contribution is -0.157. The van der Waals surface area contributed by atoms with Crippen LogP contribution in [0.2, 0.25) is 0 Å². The zero-order chi connectivity index (χ0) is 63.0. The van der Waals surface area contributed by atoms with Gasteiger partial charge >= 0.3 is 59.7 Å². The lowest BCUT2D eigenvalue weighted by Gasteiger charge is -2.27. The minimum atomic E-state index is -0.700. The van der Waals surface area contributed by atoms with Gasteiger partial charge in [-0.2, -0.15) is 10.5 Å². The average molecular weight is 1240 g/mol. The van der Waals surface area contributed by atoms with Crippen LogP contribution >= 0.6 is 23.5 Å². The number of allylic oxidation sites excluding steroid dienone is 1. The molecule has 0 bridgehead atoms. The quantitative estimate of drug-likeness (QED) is 0.0215. The highest BCUT2D eigenvalue weighted by Crippen LogP contribution is 2.60. The van der Waals surface area contributed by atoms with Crippen molar-refractivity contribution in [2.24, 2.45) is 23.7 Å². The minimum absolute atomic E-state index is 0.0471. The molecule has 2 fully saturated rings. The van der Waals surface area contributed by atoms with Crippen LogP contribution in [0.15, 0.2) is 99.5 Å². The van der Waals surface area contributed by atoms with Gasteiger partial charge in [0.1, 0.15) is 66.1 Å². The SMILES string of the molecule is C=CC(=O)OCC(C)OC(=O)CCC(=O)OCCc1ccc(OC(=O)C2CCC(C(=O)Oc3cc(C)c(OC(=O)C4CCC(C(=O)Oc5ccc(CCOC(=O)CCC(=O)OCC(C)OC(=O)C=C)cc5)CC4)c4c3SC(=C(C#N)C#N)S4)CC2)cc1. The molecule has 0 saturated heterocycles. The number of carbonyl (C=O) groups excluding carboxylic acids is 10. The average Bonchev–Trinajstić information content (AvgIpc) is 2.06. The Hall–Kier alpha value is -8.74. The van der Waals surface area contributed by atoms with Gasteiger partial charge in [0.15, 0.2) is 0 Å². The number of rotatable bonds is 28. The second-order valence-electron chi connectivity index (χ2n) is 20.5. The summed E-state index contributed by atoms with van der Waals surface area (Å²) in [5, 5.41) is 19.5. The second-order valence-corrected chi connectivity index (χ2v) is 22.8. The van der Waals surface area contributed by atoms with Crippen LogP contribution in [0, 0.1) is 53.3 Å². The van der Waals surface area contributed by atoms with E-state index in [1.54, 1.807) is 75.4 Å². The highest BCUT2D eigenvalue weighted by Gasteiger charge is 2.38. The molecule has 460 valence electrons. The molecule has 0 N–H and O–H groups in total. The number of nitrogens with zero attached hydrogens (tertiary/aromatic N) is 2. The van der Waals surface area contributed by atoms with Crippen LogP contribution in [0.5, 0.6) is 23.0 Å². The third-order valence-electron chi connectivity index (χ3n) is 13.9. The van der Waals surface area contributed by atoms with E-state index >= 15 is 0 Å². The van der Waals surface area contributed by atoms with E-state index in [9.17, 15) is 58.5 Å². The zero-order valence-electron chi connectivity index (χ0n) is 48.3. The number of hydrogen-bond donors (Lipinski definition) is 0. The number of aryl methyl sites for hydroxylation is 1. The fraction of sp³-hybridized carbons (Fsp3) is 0.429. The molecule has 0 aromatic heterocycles. The molecule has 3 aliphatic rings. The van der Waals surface area contributed by atoms with Gasteiger partial charge in [-0.25, -0.2) is 9.59 Å². The van der Waals surface area contributed by atoms with Crippen molar-refractivity contribution in [3.05, 3.63) is 106 Å². The molecule has 87 heavy (non-hydrogen) atoms. The molecule has 0 radical (unpaired) electrons. The first-order valence-electron chi connectivity index (χ1n) is 28.2. The summed E-state index contributed by atoms with van der Waals surface area (Å²) in [6, 6.07) is 18.8. The van der Waals surface area contributed by atoms with Gasteiger partial charge in [-0.3, -0.25) is 38.4 Å². The molecule has 0 spiro atoms. The van der Waals surface area contributed by atoms with Crippen LogP contribution in [-0.2, 0) is 89.2 Å². The molecule has 1 heterocycles. The van der Waals surface area contributed by atoms with Crippen LogP contribution in [-0.4, -0.2) is 98.3 Å². The molecule has 3 aromatic carbocycles. The van der Waals surface area contributed by atoms with Crippen molar-refractivity contribution in [1.82, 2.24) is 0 Å². The number of thioether (sulfide) groups is 2. The van der Waals surface area contributed by atoms with Gasteiger partial charge < -0.3 is 47.4 Å². The van der Waals surface area contributed by atoms with Crippen LogP contribution in [0.1, 0.15) is 108 Å². The molecule has 2 aliphatic carbocycles. The Balaban J connectivity index is 0.916. The summed E-state index contributed by atoms with van der Waals surface area (Å²) in [5.74, 6) is -6.80. The van der Waals surface area contributed by atoms with Gasteiger partial charge in [0.2, 0.25) is 0 Å². The van der Waals surface area contributed by atoms with Crippen molar-refractivity contribution in [2.75, 3.05) is 26.4 Å². The molecule has 6 rings (SSSR count). The summed E-state index contributed by atoms with van der Waals surface area (Å²) in [4.78, 5) is 126. The third kappa shape index (κ3) is 21.3. The Morgan fingerprint density at radius 3 is 1.39 bits per heavy atom. The maximum absolute atomic E-state index is 13.8. The van der Waals surface area contributed by atoms with Gasteiger partial charge in [0, 0.05) is 25.0 Å². The lowest BCUT2D eigenvalue weighted by Crippen LogP contribution is -2.31. The molecule has 1 aliphatic heterocycles. The number of carbonyl (C=O) groups is 10. The summed E-state index contributed by atoms with van der Waals surface area (Å²) in [6.45, 7) is 11.1. The van der Waals surface area contributed by atoms with Crippen molar-refractivity contribution < 1.29 is 95.3 Å². The molecule has 22 nitrogen and oxygen atoms in total. The molecular formula is C63H66N2O20S2. The third-order valence-corrected chi connectivity index (χ3v) is 16.6. The maximum atomic E-state index is 13.8. The van der Waals surface area contributed by atoms with Crippen molar-refractivity contribution in [2.45, 2.75) is 133 Å². The number of nitriles is 2. The second kappa shape index (κ2) is 33.8. The topological polar surface area (TPSA) is 311 Å².